The average molecular weight is 526 g/mol. The lowest BCUT2D eigenvalue weighted by atomic mass is 10.1. The first-order chi connectivity index (χ1) is 17.0. The normalized spacial score (nSPS) is 18.7. The van der Waals surface area contributed by atoms with Crippen molar-refractivity contribution in [2.45, 2.75) is 10.9 Å². The molecule has 35 heavy (non-hydrogen) atoms. The molecule has 4 rings (SSSR count). The molecular formula is C23H31N3O7S2. The Bertz CT molecular complexity index is 1100. The molecule has 3 heterocycles. The molecule has 0 spiro atoms. The minimum Gasteiger partial charge on any atom is -0.493 e. The summed E-state index contributed by atoms with van der Waals surface area (Å²) >= 11 is 1.63. The molecule has 2 aliphatic heterocycles. The van der Waals surface area contributed by atoms with Gasteiger partial charge in [-0.3, -0.25) is 9.69 Å². The van der Waals surface area contributed by atoms with Gasteiger partial charge in [0.1, 0.15) is 0 Å². The van der Waals surface area contributed by atoms with Crippen LogP contribution in [0.3, 0.4) is 0 Å². The average Bonchev–Trinajstić information content (AvgIpc) is 3.43. The third-order valence-corrected chi connectivity index (χ3v) is 8.97. The molecule has 2 fully saturated rings. The number of hydrogen-bond donors (Lipinski definition) is 1. The highest BCUT2D eigenvalue weighted by atomic mass is 32.2. The fourth-order valence-electron chi connectivity index (χ4n) is 4.26. The summed E-state index contributed by atoms with van der Waals surface area (Å²) in [6.07, 6.45) is 0. The zero-order chi connectivity index (χ0) is 24.8. The topological polar surface area (TPSA) is 107 Å². The number of methoxy groups -OCH3 is 2. The molecule has 1 aromatic carbocycles. The highest BCUT2D eigenvalue weighted by Crippen LogP contribution is 2.35. The summed E-state index contributed by atoms with van der Waals surface area (Å²) in [7, 11) is -1.01. The Balaban J connectivity index is 1.60. The quantitative estimate of drug-likeness (QED) is 0.526. The van der Waals surface area contributed by atoms with Gasteiger partial charge in [-0.1, -0.05) is 6.07 Å². The Hall–Kier alpha value is -2.22. The molecule has 2 aromatic rings. The Morgan fingerprint density at radius 3 is 2.37 bits per heavy atom. The summed E-state index contributed by atoms with van der Waals surface area (Å²) in [6, 6.07) is 6.77. The molecule has 2 aliphatic rings. The van der Waals surface area contributed by atoms with Gasteiger partial charge in [-0.2, -0.15) is 4.31 Å². The van der Waals surface area contributed by atoms with E-state index < -0.39 is 15.9 Å². The van der Waals surface area contributed by atoms with Crippen molar-refractivity contribution in [1.82, 2.24) is 14.5 Å². The maximum Gasteiger partial charge on any atom is 0.255 e. The third-order valence-electron chi connectivity index (χ3n) is 6.12. The van der Waals surface area contributed by atoms with E-state index in [1.54, 1.807) is 11.3 Å². The van der Waals surface area contributed by atoms with Crippen molar-refractivity contribution >= 4 is 27.3 Å². The molecular weight excluding hydrogens is 494 g/mol. The van der Waals surface area contributed by atoms with Crippen molar-refractivity contribution < 1.29 is 32.2 Å². The number of morpholine rings is 2. The van der Waals surface area contributed by atoms with Crippen molar-refractivity contribution in [3.8, 4) is 11.5 Å². The van der Waals surface area contributed by atoms with E-state index >= 15 is 0 Å². The number of carbonyl (C=O) groups is 1. The first kappa shape index (κ1) is 25.9. The predicted molar refractivity (Wildman–Crippen MR) is 131 cm³/mol. The van der Waals surface area contributed by atoms with E-state index in [2.05, 4.69) is 16.3 Å². The molecule has 2 saturated heterocycles. The van der Waals surface area contributed by atoms with Crippen molar-refractivity contribution in [2.24, 2.45) is 0 Å². The molecule has 0 bridgehead atoms. The van der Waals surface area contributed by atoms with Gasteiger partial charge in [-0.15, -0.1) is 11.3 Å². The van der Waals surface area contributed by atoms with Crippen molar-refractivity contribution in [3.05, 3.63) is 40.1 Å². The lowest BCUT2D eigenvalue weighted by Crippen LogP contribution is -2.43. The lowest BCUT2D eigenvalue weighted by molar-refractivity contribution is 0.0169. The van der Waals surface area contributed by atoms with E-state index in [9.17, 15) is 13.2 Å². The summed E-state index contributed by atoms with van der Waals surface area (Å²) in [5.74, 6) is -0.0751. The number of hydrogen-bond acceptors (Lipinski definition) is 9. The first-order valence-corrected chi connectivity index (χ1v) is 13.7. The summed E-state index contributed by atoms with van der Waals surface area (Å²) in [5.41, 5.74) is 0.102. The van der Waals surface area contributed by atoms with Gasteiger partial charge < -0.3 is 24.3 Å². The summed E-state index contributed by atoms with van der Waals surface area (Å²) < 4.78 is 49.5. The molecule has 0 unspecified atom stereocenters. The predicted octanol–water partition coefficient (Wildman–Crippen LogP) is 1.59. The van der Waals surface area contributed by atoms with Crippen LogP contribution in [0.5, 0.6) is 11.5 Å². The van der Waals surface area contributed by atoms with Crippen LogP contribution in [-0.4, -0.2) is 96.9 Å². The van der Waals surface area contributed by atoms with Crippen LogP contribution >= 0.6 is 11.3 Å². The number of nitrogens with one attached hydrogen (secondary N) is 1. The van der Waals surface area contributed by atoms with Crippen LogP contribution in [0.2, 0.25) is 0 Å². The van der Waals surface area contributed by atoms with Crippen LogP contribution in [0.4, 0.5) is 0 Å². The fraction of sp³-hybridized carbons (Fsp3) is 0.522. The number of amides is 1. The maximum atomic E-state index is 13.4. The minimum absolute atomic E-state index is 0.0176. The molecule has 12 heteroatoms. The molecule has 1 N–H and O–H groups in total. The molecule has 0 saturated carbocycles. The number of benzene rings is 1. The highest BCUT2D eigenvalue weighted by molar-refractivity contribution is 7.89. The summed E-state index contributed by atoms with van der Waals surface area (Å²) in [5, 5.41) is 5.00. The second-order valence-electron chi connectivity index (χ2n) is 8.11. The first-order valence-electron chi connectivity index (χ1n) is 11.4. The number of ether oxygens (including phenoxy) is 4. The second-order valence-corrected chi connectivity index (χ2v) is 11.0. The monoisotopic (exact) mass is 525 g/mol. The molecule has 1 amide bonds. The lowest BCUT2D eigenvalue weighted by Gasteiger charge is -2.34. The van der Waals surface area contributed by atoms with Crippen molar-refractivity contribution in [2.75, 3.05) is 73.4 Å². The van der Waals surface area contributed by atoms with Gasteiger partial charge in [0.2, 0.25) is 10.0 Å². The van der Waals surface area contributed by atoms with Crippen LogP contribution in [0.1, 0.15) is 21.3 Å². The van der Waals surface area contributed by atoms with Gasteiger partial charge in [-0.05, 0) is 17.5 Å². The molecule has 0 aliphatic carbocycles. The largest absolute Gasteiger partial charge is 0.493 e. The summed E-state index contributed by atoms with van der Waals surface area (Å²) in [6.45, 7) is 4.32. The van der Waals surface area contributed by atoms with Gasteiger partial charge in [0.15, 0.2) is 11.5 Å². The zero-order valence-corrected chi connectivity index (χ0v) is 21.5. The van der Waals surface area contributed by atoms with Crippen molar-refractivity contribution in [1.29, 1.82) is 0 Å². The Morgan fingerprint density at radius 1 is 1.09 bits per heavy atom. The van der Waals surface area contributed by atoms with Crippen molar-refractivity contribution in [3.63, 3.8) is 0 Å². The molecule has 192 valence electrons. The second kappa shape index (κ2) is 11.7. The van der Waals surface area contributed by atoms with E-state index in [1.807, 2.05) is 11.4 Å². The third kappa shape index (κ3) is 5.79. The number of thiophene rings is 1. The number of carbonyl (C=O) groups excluding carboxylic acids is 1. The molecule has 10 nitrogen and oxygen atoms in total. The Morgan fingerprint density at radius 2 is 1.77 bits per heavy atom. The van der Waals surface area contributed by atoms with Crippen LogP contribution in [0, 0.1) is 0 Å². The van der Waals surface area contributed by atoms with Crippen LogP contribution in [0.15, 0.2) is 34.5 Å². The van der Waals surface area contributed by atoms with Gasteiger partial charge >= 0.3 is 0 Å². The Kier molecular flexibility index (Phi) is 8.63. The van der Waals surface area contributed by atoms with Gasteiger partial charge in [0.25, 0.3) is 5.91 Å². The fourth-order valence-corrected chi connectivity index (χ4v) is 6.57. The number of sulfonamides is 1. The maximum absolute atomic E-state index is 13.4. The van der Waals surface area contributed by atoms with E-state index in [-0.39, 0.29) is 41.1 Å². The SMILES string of the molecule is COc1cc(S(=O)(=O)N2CCOCC2)cc(C(=O)NC[C@@H](c2cccs2)N2CCOCC2)c1OC. The van der Waals surface area contributed by atoms with Gasteiger partial charge in [0.05, 0.1) is 57.1 Å². The van der Waals surface area contributed by atoms with Crippen LogP contribution < -0.4 is 14.8 Å². The van der Waals surface area contributed by atoms with Gasteiger partial charge in [-0.25, -0.2) is 8.42 Å². The highest BCUT2D eigenvalue weighted by Gasteiger charge is 2.31. The molecule has 0 radical (unpaired) electrons. The molecule has 1 aromatic heterocycles. The van der Waals surface area contributed by atoms with Crippen LogP contribution in [-0.2, 0) is 19.5 Å². The van der Waals surface area contributed by atoms with E-state index in [0.29, 0.717) is 33.0 Å². The van der Waals surface area contributed by atoms with E-state index in [4.69, 9.17) is 18.9 Å². The number of rotatable bonds is 9. The standard InChI is InChI=1S/C23H31N3O7S2/c1-30-20-15-17(35(28,29)26-7-11-33-12-8-26)14-18(22(20)31-2)23(27)24-16-19(21-4-3-13-34-21)25-5-9-32-10-6-25/h3-4,13-15,19H,5-12,16H2,1-2H3,(H,24,27)/t19-/m0/s1. The molecule has 1 atom stereocenters. The Labute approximate surface area is 209 Å². The number of nitrogens with zero attached hydrogens (tertiary/aromatic N) is 2. The van der Waals surface area contributed by atoms with Gasteiger partial charge in [0, 0.05) is 43.7 Å². The van der Waals surface area contributed by atoms with E-state index in [0.717, 1.165) is 18.0 Å². The minimum atomic E-state index is -3.84. The summed E-state index contributed by atoms with van der Waals surface area (Å²) in [4.78, 5) is 16.8. The zero-order valence-electron chi connectivity index (χ0n) is 19.9. The van der Waals surface area contributed by atoms with E-state index in [1.165, 1.54) is 30.7 Å². The van der Waals surface area contributed by atoms with Crippen LogP contribution in [0.25, 0.3) is 0 Å². The smallest absolute Gasteiger partial charge is 0.255 e.